The van der Waals surface area contributed by atoms with Gasteiger partial charge in [0.15, 0.2) is 0 Å². The van der Waals surface area contributed by atoms with Crippen molar-refractivity contribution in [2.45, 2.75) is 70.4 Å². The molecule has 0 radical (unpaired) electrons. The number of hydrogen-bond acceptors (Lipinski definition) is 7. The van der Waals surface area contributed by atoms with E-state index in [1.807, 2.05) is 0 Å². The van der Waals surface area contributed by atoms with Crippen molar-refractivity contribution >= 4 is 12.0 Å². The molecule has 3 aliphatic heterocycles. The van der Waals surface area contributed by atoms with Gasteiger partial charge in [0.2, 0.25) is 5.91 Å². The summed E-state index contributed by atoms with van der Waals surface area (Å²) in [6.07, 6.45) is -2.39. The monoisotopic (exact) mass is 610 g/mol. The van der Waals surface area contributed by atoms with Crippen LogP contribution in [0.5, 0.6) is 0 Å². The molecule has 1 aliphatic carbocycles. The van der Waals surface area contributed by atoms with Gasteiger partial charge in [0.25, 0.3) is 0 Å². The highest BCUT2D eigenvalue weighted by atomic mass is 19.4. The third-order valence-corrected chi connectivity index (χ3v) is 9.98. The Balaban J connectivity index is 1.33. The minimum Gasteiger partial charge on any atom is -0.448 e. The molecule has 1 saturated carbocycles. The molecule has 2 saturated heterocycles. The van der Waals surface area contributed by atoms with Crippen molar-refractivity contribution in [2.24, 2.45) is 11.3 Å². The molecule has 1 aromatic carbocycles. The lowest BCUT2D eigenvalue weighted by Crippen LogP contribution is -2.52. The summed E-state index contributed by atoms with van der Waals surface area (Å²) in [6, 6.07) is 3.96. The quantitative estimate of drug-likeness (QED) is 0.458. The molecule has 5 atom stereocenters. The number of alkyl halides is 3. The van der Waals surface area contributed by atoms with Crippen molar-refractivity contribution in [1.82, 2.24) is 20.0 Å². The minimum atomic E-state index is -4.45. The lowest BCUT2D eigenvalue weighted by Gasteiger charge is -2.38. The van der Waals surface area contributed by atoms with E-state index in [1.165, 1.54) is 12.1 Å². The minimum absolute atomic E-state index is 0.0458. The summed E-state index contributed by atoms with van der Waals surface area (Å²) in [4.78, 5) is 33.2. The highest BCUT2D eigenvalue weighted by Crippen LogP contribution is 2.51. The molecule has 43 heavy (non-hydrogen) atoms. The molecule has 240 valence electrons. The highest BCUT2D eigenvalue weighted by Gasteiger charge is 2.60. The molecule has 1 N–H and O–H groups in total. The van der Waals surface area contributed by atoms with Crippen LogP contribution < -0.4 is 5.32 Å². The number of methoxy groups -OCH3 is 1. The van der Waals surface area contributed by atoms with Gasteiger partial charge in [-0.15, -0.1) is 0 Å². The number of nitrogens with zero attached hydrogens (tertiary/aromatic N) is 3. The van der Waals surface area contributed by atoms with Gasteiger partial charge < -0.3 is 34.2 Å². The zero-order chi connectivity index (χ0) is 30.8. The van der Waals surface area contributed by atoms with Crippen molar-refractivity contribution in [1.29, 1.82) is 0 Å². The summed E-state index contributed by atoms with van der Waals surface area (Å²) in [5.41, 5.74) is -0.161. The summed E-state index contributed by atoms with van der Waals surface area (Å²) < 4.78 is 57.2. The molecule has 3 heterocycles. The number of hydrogen-bond donors (Lipinski definition) is 1. The molecule has 3 fully saturated rings. The van der Waals surface area contributed by atoms with E-state index in [9.17, 15) is 22.8 Å². The molecule has 12 heteroatoms. The zero-order valence-corrected chi connectivity index (χ0v) is 25.5. The molecule has 2 amide bonds. The Labute approximate surface area is 252 Å². The summed E-state index contributed by atoms with van der Waals surface area (Å²) >= 11 is 0. The van der Waals surface area contributed by atoms with E-state index in [-0.39, 0.29) is 49.7 Å². The van der Waals surface area contributed by atoms with Gasteiger partial charge in [-0.3, -0.25) is 4.79 Å². The summed E-state index contributed by atoms with van der Waals surface area (Å²) in [5.74, 6) is -0.171. The largest absolute Gasteiger partial charge is 0.448 e. The number of halogens is 3. The number of likely N-dealkylation sites (tertiary alicyclic amines) is 1. The van der Waals surface area contributed by atoms with Gasteiger partial charge in [-0.1, -0.05) is 19.9 Å². The van der Waals surface area contributed by atoms with Crippen LogP contribution in [0, 0.1) is 11.3 Å². The van der Waals surface area contributed by atoms with Crippen molar-refractivity contribution in [3.05, 3.63) is 34.9 Å². The fourth-order valence-electron chi connectivity index (χ4n) is 7.52. The van der Waals surface area contributed by atoms with Crippen LogP contribution in [0.2, 0.25) is 0 Å². The average molecular weight is 611 g/mol. The average Bonchev–Trinajstić information content (AvgIpc) is 3.53. The van der Waals surface area contributed by atoms with E-state index in [1.54, 1.807) is 16.9 Å². The Hall–Kier alpha value is -2.41. The molecular weight excluding hydrogens is 565 g/mol. The molecule has 5 rings (SSSR count). The van der Waals surface area contributed by atoms with Crippen LogP contribution >= 0.6 is 0 Å². The number of carbonyl (C=O) groups is 2. The SMILES string of the molecule is CCN(CC)CCOC(=O)N1CC2CC(NC3CCOCC3OC)CC2(C(=O)N2CCc3ccc(C(F)(F)F)cc3C2)C1. The molecular formula is C31H45F3N4O5. The van der Waals surface area contributed by atoms with Gasteiger partial charge >= 0.3 is 12.3 Å². The number of nitrogens with one attached hydrogen (secondary N) is 1. The molecule has 1 aromatic rings. The number of benzene rings is 1. The Bertz CT molecular complexity index is 1150. The Morgan fingerprint density at radius 3 is 2.70 bits per heavy atom. The highest BCUT2D eigenvalue weighted by molar-refractivity contribution is 5.86. The van der Waals surface area contributed by atoms with E-state index in [4.69, 9.17) is 14.2 Å². The van der Waals surface area contributed by atoms with Crippen molar-refractivity contribution in [3.8, 4) is 0 Å². The lowest BCUT2D eigenvalue weighted by molar-refractivity contribution is -0.143. The predicted molar refractivity (Wildman–Crippen MR) is 153 cm³/mol. The fourth-order valence-corrected chi connectivity index (χ4v) is 7.52. The van der Waals surface area contributed by atoms with Crippen LogP contribution in [0.4, 0.5) is 18.0 Å². The standard InChI is InChI=1S/C31H45F3N4O5/c1-4-36(5-2)11-13-43-29(40)38-18-24-15-25(35-26-9-12-42-19-27(26)41-3)16-30(24,20-38)28(39)37-10-8-21-6-7-23(31(32,33)34)14-22(21)17-37/h6-7,14,24-27,35H,4-5,8-13,15-20H2,1-3H3. The van der Waals surface area contributed by atoms with E-state index in [2.05, 4.69) is 24.1 Å². The summed E-state index contributed by atoms with van der Waals surface area (Å²) in [5, 5.41) is 3.73. The summed E-state index contributed by atoms with van der Waals surface area (Å²) in [7, 11) is 1.67. The van der Waals surface area contributed by atoms with Gasteiger partial charge in [0.05, 0.1) is 23.7 Å². The van der Waals surface area contributed by atoms with Crippen LogP contribution in [0.25, 0.3) is 0 Å². The van der Waals surface area contributed by atoms with Crippen LogP contribution in [0.15, 0.2) is 18.2 Å². The maximum atomic E-state index is 14.4. The molecule has 5 unspecified atom stereocenters. The maximum Gasteiger partial charge on any atom is 0.416 e. The predicted octanol–water partition coefficient (Wildman–Crippen LogP) is 3.54. The number of fused-ring (bicyclic) bond motifs is 2. The Morgan fingerprint density at radius 2 is 1.98 bits per heavy atom. The Morgan fingerprint density at radius 1 is 1.19 bits per heavy atom. The number of likely N-dealkylation sites (N-methyl/N-ethyl adjacent to an activating group) is 1. The molecule has 4 aliphatic rings. The summed E-state index contributed by atoms with van der Waals surface area (Å²) in [6.45, 7) is 9.14. The van der Waals surface area contributed by atoms with Crippen molar-refractivity contribution in [3.63, 3.8) is 0 Å². The Kier molecular flexibility index (Phi) is 9.89. The molecule has 0 bridgehead atoms. The first-order valence-electron chi connectivity index (χ1n) is 15.6. The second-order valence-corrected chi connectivity index (χ2v) is 12.4. The third kappa shape index (κ3) is 6.82. The molecule has 0 aromatic heterocycles. The van der Waals surface area contributed by atoms with Gasteiger partial charge in [-0.05, 0) is 68.0 Å². The van der Waals surface area contributed by atoms with Crippen LogP contribution in [0.3, 0.4) is 0 Å². The third-order valence-electron chi connectivity index (χ3n) is 9.98. The molecule has 9 nitrogen and oxygen atoms in total. The van der Waals surface area contributed by atoms with E-state index >= 15 is 0 Å². The maximum absolute atomic E-state index is 14.4. The van der Waals surface area contributed by atoms with Crippen molar-refractivity contribution < 1.29 is 37.0 Å². The smallest absolute Gasteiger partial charge is 0.416 e. The van der Waals surface area contributed by atoms with Gasteiger partial charge in [0.1, 0.15) is 6.61 Å². The lowest BCUT2D eigenvalue weighted by atomic mass is 9.78. The van der Waals surface area contributed by atoms with E-state index in [0.29, 0.717) is 57.7 Å². The van der Waals surface area contributed by atoms with Crippen molar-refractivity contribution in [2.75, 3.05) is 66.2 Å². The van der Waals surface area contributed by atoms with Crippen LogP contribution in [-0.4, -0.2) is 111 Å². The molecule has 0 spiro atoms. The number of carbonyl (C=O) groups excluding carboxylic acids is 2. The second kappa shape index (κ2) is 13.3. The van der Waals surface area contributed by atoms with Gasteiger partial charge in [-0.2, -0.15) is 13.2 Å². The number of ether oxygens (including phenoxy) is 3. The zero-order valence-electron chi connectivity index (χ0n) is 25.5. The second-order valence-electron chi connectivity index (χ2n) is 12.4. The first-order chi connectivity index (χ1) is 20.6. The first-order valence-corrected chi connectivity index (χ1v) is 15.6. The topological polar surface area (TPSA) is 83.6 Å². The van der Waals surface area contributed by atoms with Gasteiger partial charge in [-0.25, -0.2) is 4.79 Å². The first kappa shape index (κ1) is 32.0. The van der Waals surface area contributed by atoms with Crippen LogP contribution in [-0.2, 0) is 38.1 Å². The number of amides is 2. The fraction of sp³-hybridized carbons (Fsp3) is 0.742. The van der Waals surface area contributed by atoms with E-state index in [0.717, 1.165) is 31.1 Å². The van der Waals surface area contributed by atoms with Gasteiger partial charge in [0, 0.05) is 58.5 Å². The van der Waals surface area contributed by atoms with Crippen LogP contribution in [0.1, 0.15) is 49.8 Å². The van der Waals surface area contributed by atoms with E-state index < -0.39 is 23.2 Å². The normalized spacial score (nSPS) is 29.1. The number of rotatable bonds is 9.